The van der Waals surface area contributed by atoms with Crippen LogP contribution < -0.4 is 10.1 Å². The standard InChI is InChI=1S/C16H19N3O2/c1-10-8-11(6-7-17-10)16-18-15(19-21-16)13-9-20-14-5-3-2-4-12(13)14/h2-5,10-11,13,17H,6-9H2,1H3. The molecule has 5 nitrogen and oxygen atoms in total. The van der Waals surface area contributed by atoms with Gasteiger partial charge in [0.25, 0.3) is 0 Å². The number of hydrogen-bond donors (Lipinski definition) is 1. The molecule has 3 unspecified atom stereocenters. The van der Waals surface area contributed by atoms with E-state index in [2.05, 4.69) is 28.4 Å². The Morgan fingerprint density at radius 2 is 2.19 bits per heavy atom. The molecule has 0 amide bonds. The average Bonchev–Trinajstić information content (AvgIpc) is 3.14. The second kappa shape index (κ2) is 5.15. The van der Waals surface area contributed by atoms with Crippen LogP contribution in [0.25, 0.3) is 0 Å². The molecule has 3 atom stereocenters. The molecule has 2 aliphatic rings. The van der Waals surface area contributed by atoms with Crippen molar-refractivity contribution in [1.82, 2.24) is 15.5 Å². The molecule has 2 aliphatic heterocycles. The average molecular weight is 285 g/mol. The second-order valence-electron chi connectivity index (χ2n) is 5.97. The van der Waals surface area contributed by atoms with Crippen LogP contribution in [-0.2, 0) is 0 Å². The van der Waals surface area contributed by atoms with Gasteiger partial charge in [-0.25, -0.2) is 0 Å². The minimum absolute atomic E-state index is 0.0952. The van der Waals surface area contributed by atoms with Gasteiger partial charge >= 0.3 is 0 Å². The molecule has 110 valence electrons. The summed E-state index contributed by atoms with van der Waals surface area (Å²) in [7, 11) is 0. The summed E-state index contributed by atoms with van der Waals surface area (Å²) in [5.41, 5.74) is 1.16. The molecule has 3 heterocycles. The van der Waals surface area contributed by atoms with Crippen LogP contribution in [0.1, 0.15) is 48.9 Å². The van der Waals surface area contributed by atoms with E-state index in [0.717, 1.165) is 42.4 Å². The third-order valence-electron chi connectivity index (χ3n) is 4.44. The van der Waals surface area contributed by atoms with Crippen LogP contribution in [0.15, 0.2) is 28.8 Å². The summed E-state index contributed by atoms with van der Waals surface area (Å²) in [6.07, 6.45) is 2.11. The van der Waals surface area contributed by atoms with E-state index in [-0.39, 0.29) is 5.92 Å². The quantitative estimate of drug-likeness (QED) is 0.918. The van der Waals surface area contributed by atoms with E-state index >= 15 is 0 Å². The molecule has 21 heavy (non-hydrogen) atoms. The Morgan fingerprint density at radius 1 is 1.29 bits per heavy atom. The van der Waals surface area contributed by atoms with Gasteiger partial charge in [0.05, 0.1) is 5.92 Å². The third kappa shape index (κ3) is 2.31. The largest absolute Gasteiger partial charge is 0.492 e. The predicted molar refractivity (Wildman–Crippen MR) is 77.5 cm³/mol. The third-order valence-corrected chi connectivity index (χ3v) is 4.44. The van der Waals surface area contributed by atoms with E-state index in [0.29, 0.717) is 18.6 Å². The van der Waals surface area contributed by atoms with E-state index in [1.165, 1.54) is 0 Å². The first-order valence-corrected chi connectivity index (χ1v) is 7.60. The maximum Gasteiger partial charge on any atom is 0.229 e. The molecule has 2 aromatic rings. The summed E-state index contributed by atoms with van der Waals surface area (Å²) in [5, 5.41) is 7.66. The highest BCUT2D eigenvalue weighted by Gasteiger charge is 2.31. The predicted octanol–water partition coefficient (Wildman–Crippen LogP) is 2.45. The highest BCUT2D eigenvalue weighted by Crippen LogP contribution is 2.37. The number of rotatable bonds is 2. The molecule has 0 spiro atoms. The van der Waals surface area contributed by atoms with Gasteiger partial charge < -0.3 is 14.6 Å². The van der Waals surface area contributed by atoms with Crippen molar-refractivity contribution in [3.8, 4) is 5.75 Å². The van der Waals surface area contributed by atoms with Crippen molar-refractivity contribution in [2.45, 2.75) is 37.6 Å². The van der Waals surface area contributed by atoms with Crippen molar-refractivity contribution in [3.63, 3.8) is 0 Å². The van der Waals surface area contributed by atoms with Gasteiger partial charge in [-0.3, -0.25) is 0 Å². The van der Waals surface area contributed by atoms with E-state index in [4.69, 9.17) is 9.26 Å². The lowest BCUT2D eigenvalue weighted by Crippen LogP contribution is -2.34. The number of nitrogens with zero attached hydrogens (tertiary/aromatic N) is 2. The first-order chi connectivity index (χ1) is 10.3. The molecule has 1 aromatic carbocycles. The first-order valence-electron chi connectivity index (χ1n) is 7.60. The van der Waals surface area contributed by atoms with Crippen molar-refractivity contribution >= 4 is 0 Å². The number of ether oxygens (including phenoxy) is 1. The van der Waals surface area contributed by atoms with Crippen molar-refractivity contribution in [3.05, 3.63) is 41.5 Å². The lowest BCUT2D eigenvalue weighted by Gasteiger charge is -2.25. The Balaban J connectivity index is 1.58. The maximum absolute atomic E-state index is 5.71. The second-order valence-corrected chi connectivity index (χ2v) is 5.97. The fraction of sp³-hybridized carbons (Fsp3) is 0.500. The lowest BCUT2D eigenvalue weighted by atomic mass is 9.93. The summed E-state index contributed by atoms with van der Waals surface area (Å²) in [4.78, 5) is 4.66. The highest BCUT2D eigenvalue weighted by molar-refractivity contribution is 5.42. The molecule has 0 saturated carbocycles. The number of aromatic nitrogens is 2. The van der Waals surface area contributed by atoms with Crippen LogP contribution in [0.2, 0.25) is 0 Å². The van der Waals surface area contributed by atoms with Crippen molar-refractivity contribution < 1.29 is 9.26 Å². The monoisotopic (exact) mass is 285 g/mol. The van der Waals surface area contributed by atoms with Gasteiger partial charge in [-0.2, -0.15) is 4.98 Å². The summed E-state index contributed by atoms with van der Waals surface area (Å²) in [5.74, 6) is 2.94. The zero-order chi connectivity index (χ0) is 14.2. The van der Waals surface area contributed by atoms with E-state index in [1.54, 1.807) is 0 Å². The van der Waals surface area contributed by atoms with Gasteiger partial charge in [-0.05, 0) is 32.4 Å². The van der Waals surface area contributed by atoms with Crippen LogP contribution >= 0.6 is 0 Å². The minimum Gasteiger partial charge on any atom is -0.492 e. The molecular formula is C16H19N3O2. The number of piperidine rings is 1. The minimum atomic E-state index is 0.0952. The van der Waals surface area contributed by atoms with Crippen LogP contribution in [-0.4, -0.2) is 29.3 Å². The fourth-order valence-electron chi connectivity index (χ4n) is 3.29. The number of benzene rings is 1. The summed E-state index contributed by atoms with van der Waals surface area (Å²) >= 11 is 0. The molecule has 1 aromatic heterocycles. The fourth-order valence-corrected chi connectivity index (χ4v) is 3.29. The molecule has 0 bridgehead atoms. The number of hydrogen-bond acceptors (Lipinski definition) is 5. The van der Waals surface area contributed by atoms with Gasteiger partial charge in [0.15, 0.2) is 5.82 Å². The first kappa shape index (κ1) is 12.8. The van der Waals surface area contributed by atoms with Gasteiger partial charge in [0.2, 0.25) is 5.89 Å². The van der Waals surface area contributed by atoms with Crippen LogP contribution in [0.5, 0.6) is 5.75 Å². The number of nitrogens with one attached hydrogen (secondary N) is 1. The molecule has 4 rings (SSSR count). The number of para-hydroxylation sites is 1. The van der Waals surface area contributed by atoms with Gasteiger partial charge in [0, 0.05) is 17.5 Å². The van der Waals surface area contributed by atoms with Gasteiger partial charge in [-0.15, -0.1) is 0 Å². The molecular weight excluding hydrogens is 266 g/mol. The van der Waals surface area contributed by atoms with E-state index in [9.17, 15) is 0 Å². The molecule has 1 fully saturated rings. The van der Waals surface area contributed by atoms with Crippen molar-refractivity contribution in [2.24, 2.45) is 0 Å². The van der Waals surface area contributed by atoms with Crippen LogP contribution in [0.4, 0.5) is 0 Å². The molecule has 1 N–H and O–H groups in total. The summed E-state index contributed by atoms with van der Waals surface area (Å²) in [6.45, 7) is 3.81. The summed E-state index contributed by atoms with van der Waals surface area (Å²) < 4.78 is 11.2. The molecule has 0 radical (unpaired) electrons. The Labute approximate surface area is 123 Å². The Kier molecular flexibility index (Phi) is 3.15. The van der Waals surface area contributed by atoms with E-state index in [1.807, 2.05) is 18.2 Å². The maximum atomic E-state index is 5.71. The van der Waals surface area contributed by atoms with Gasteiger partial charge in [0.1, 0.15) is 12.4 Å². The SMILES string of the molecule is CC1CC(c2nc(C3COc4ccccc43)no2)CCN1. The Hall–Kier alpha value is -1.88. The Bertz CT molecular complexity index is 640. The van der Waals surface area contributed by atoms with Crippen molar-refractivity contribution in [1.29, 1.82) is 0 Å². The zero-order valence-corrected chi connectivity index (χ0v) is 12.1. The molecule has 5 heteroatoms. The van der Waals surface area contributed by atoms with Crippen molar-refractivity contribution in [2.75, 3.05) is 13.2 Å². The van der Waals surface area contributed by atoms with Gasteiger partial charge in [-0.1, -0.05) is 23.4 Å². The number of fused-ring (bicyclic) bond motifs is 1. The van der Waals surface area contributed by atoms with Crippen LogP contribution in [0.3, 0.4) is 0 Å². The topological polar surface area (TPSA) is 60.2 Å². The molecule has 1 saturated heterocycles. The summed E-state index contributed by atoms with van der Waals surface area (Å²) in [6, 6.07) is 8.59. The normalized spacial score (nSPS) is 28.1. The zero-order valence-electron chi connectivity index (χ0n) is 12.1. The van der Waals surface area contributed by atoms with E-state index < -0.39 is 0 Å². The highest BCUT2D eigenvalue weighted by atomic mass is 16.5. The van der Waals surface area contributed by atoms with Crippen LogP contribution in [0, 0.1) is 0 Å². The smallest absolute Gasteiger partial charge is 0.229 e. The lowest BCUT2D eigenvalue weighted by molar-refractivity contribution is 0.292. The Morgan fingerprint density at radius 3 is 3.10 bits per heavy atom. The molecule has 0 aliphatic carbocycles.